The maximum Gasteiger partial charge on any atom is 0.262 e. The van der Waals surface area contributed by atoms with E-state index in [9.17, 15) is 4.79 Å². The number of benzene rings is 1. The molecule has 156 valence electrons. The van der Waals surface area contributed by atoms with Crippen molar-refractivity contribution < 1.29 is 9.53 Å². The van der Waals surface area contributed by atoms with E-state index in [-0.39, 0.29) is 17.5 Å². The van der Waals surface area contributed by atoms with Crippen LogP contribution in [-0.2, 0) is 0 Å². The van der Waals surface area contributed by atoms with Crippen LogP contribution in [0.2, 0.25) is 5.02 Å². The lowest BCUT2D eigenvalue weighted by Crippen LogP contribution is -2.35. The molecule has 1 fully saturated rings. The summed E-state index contributed by atoms with van der Waals surface area (Å²) in [5, 5.41) is 7.51. The Morgan fingerprint density at radius 1 is 1.20 bits per heavy atom. The van der Waals surface area contributed by atoms with Crippen molar-refractivity contribution in [1.29, 1.82) is 0 Å². The first-order valence-electron chi connectivity index (χ1n) is 9.72. The summed E-state index contributed by atoms with van der Waals surface area (Å²) in [7, 11) is 2.11. The molecule has 3 heterocycles. The molecule has 0 atom stereocenters. The van der Waals surface area contributed by atoms with E-state index in [0.29, 0.717) is 22.3 Å². The largest absolute Gasteiger partial charge is 0.488 e. The lowest BCUT2D eigenvalue weighted by Gasteiger charge is -2.29. The van der Waals surface area contributed by atoms with Crippen molar-refractivity contribution in [3.05, 3.63) is 59.4 Å². The number of hydrogen-bond donors (Lipinski definition) is 2. The van der Waals surface area contributed by atoms with Crippen LogP contribution in [0.4, 0.5) is 11.6 Å². The fourth-order valence-corrected chi connectivity index (χ4v) is 3.48. The van der Waals surface area contributed by atoms with E-state index in [0.717, 1.165) is 25.9 Å². The number of hydrogen-bond acceptors (Lipinski definition) is 6. The first kappa shape index (κ1) is 20.2. The van der Waals surface area contributed by atoms with Crippen molar-refractivity contribution in [2.75, 3.05) is 31.2 Å². The average molecular weight is 427 g/mol. The predicted molar refractivity (Wildman–Crippen MR) is 116 cm³/mol. The standard InChI is InChI=1S/C21H23ClN6O2/c1-27-10-8-15(9-11-27)30-18-5-3-2-4-17(18)28-20(23)16(13-25-28)21(29)26-19-7-6-14(22)12-24-19/h2-7,12-13,15H,8-11,23H2,1H3,(H,24,26,29). The van der Waals surface area contributed by atoms with Crippen LogP contribution in [0.3, 0.4) is 0 Å². The SMILES string of the molecule is CN1CCC(Oc2ccccc2-n2ncc(C(=O)Nc3ccc(Cl)cn3)c2N)CC1. The van der Waals surface area contributed by atoms with E-state index in [1.54, 1.807) is 12.1 Å². The average Bonchev–Trinajstić information content (AvgIpc) is 3.13. The zero-order chi connectivity index (χ0) is 21.1. The second-order valence-electron chi connectivity index (χ2n) is 7.26. The van der Waals surface area contributed by atoms with Crippen LogP contribution >= 0.6 is 11.6 Å². The van der Waals surface area contributed by atoms with E-state index in [1.807, 2.05) is 24.3 Å². The zero-order valence-corrected chi connectivity index (χ0v) is 17.3. The topological polar surface area (TPSA) is 98.3 Å². The monoisotopic (exact) mass is 426 g/mol. The van der Waals surface area contributed by atoms with Crippen LogP contribution in [0.25, 0.3) is 5.69 Å². The molecule has 4 rings (SSSR count). The first-order chi connectivity index (χ1) is 14.5. The maximum absolute atomic E-state index is 12.6. The van der Waals surface area contributed by atoms with Gasteiger partial charge in [0.15, 0.2) is 0 Å². The molecule has 30 heavy (non-hydrogen) atoms. The minimum atomic E-state index is -0.401. The second-order valence-corrected chi connectivity index (χ2v) is 7.70. The Morgan fingerprint density at radius 3 is 2.70 bits per heavy atom. The molecule has 0 unspecified atom stereocenters. The molecule has 0 aliphatic carbocycles. The molecule has 2 aromatic heterocycles. The fourth-order valence-electron chi connectivity index (χ4n) is 3.37. The third-order valence-electron chi connectivity index (χ3n) is 5.07. The Labute approximate surface area is 179 Å². The minimum Gasteiger partial charge on any atom is -0.488 e. The van der Waals surface area contributed by atoms with Gasteiger partial charge in [-0.3, -0.25) is 4.79 Å². The summed E-state index contributed by atoms with van der Waals surface area (Å²) >= 11 is 5.83. The number of rotatable bonds is 5. The van der Waals surface area contributed by atoms with Gasteiger partial charge < -0.3 is 20.7 Å². The number of nitrogens with zero attached hydrogens (tertiary/aromatic N) is 4. The molecule has 8 nitrogen and oxygen atoms in total. The molecule has 1 amide bonds. The van der Waals surface area contributed by atoms with E-state index in [4.69, 9.17) is 22.1 Å². The smallest absolute Gasteiger partial charge is 0.262 e. The molecule has 0 saturated carbocycles. The molecule has 1 aliphatic heterocycles. The van der Waals surface area contributed by atoms with E-state index >= 15 is 0 Å². The van der Waals surface area contributed by atoms with Crippen molar-refractivity contribution in [2.45, 2.75) is 18.9 Å². The molecule has 1 aliphatic rings. The number of likely N-dealkylation sites (tertiary alicyclic amines) is 1. The highest BCUT2D eigenvalue weighted by Crippen LogP contribution is 2.28. The summed E-state index contributed by atoms with van der Waals surface area (Å²) in [5.41, 5.74) is 7.21. The van der Waals surface area contributed by atoms with Crippen LogP contribution in [-0.4, -0.2) is 51.8 Å². The number of carbonyl (C=O) groups is 1. The highest BCUT2D eigenvalue weighted by atomic mass is 35.5. The zero-order valence-electron chi connectivity index (χ0n) is 16.6. The van der Waals surface area contributed by atoms with Gasteiger partial charge in [0.25, 0.3) is 5.91 Å². The van der Waals surface area contributed by atoms with Crippen LogP contribution in [0.15, 0.2) is 48.8 Å². The summed E-state index contributed by atoms with van der Waals surface area (Å²) in [6, 6.07) is 10.8. The molecule has 0 spiro atoms. The molecule has 9 heteroatoms. The van der Waals surface area contributed by atoms with Gasteiger partial charge in [0.2, 0.25) is 0 Å². The van der Waals surface area contributed by atoms with Gasteiger partial charge in [0.1, 0.15) is 34.7 Å². The quantitative estimate of drug-likeness (QED) is 0.650. The molecule has 0 bridgehead atoms. The Morgan fingerprint density at radius 2 is 1.97 bits per heavy atom. The van der Waals surface area contributed by atoms with Gasteiger partial charge in [-0.2, -0.15) is 5.10 Å². The van der Waals surface area contributed by atoms with Gasteiger partial charge >= 0.3 is 0 Å². The molecule has 1 saturated heterocycles. The normalized spacial score (nSPS) is 15.1. The molecule has 0 radical (unpaired) electrons. The van der Waals surface area contributed by atoms with E-state index in [1.165, 1.54) is 17.1 Å². The van der Waals surface area contributed by atoms with Crippen molar-refractivity contribution >= 4 is 29.1 Å². The number of pyridine rings is 1. The number of anilines is 2. The van der Waals surface area contributed by atoms with Crippen LogP contribution in [0.1, 0.15) is 23.2 Å². The predicted octanol–water partition coefficient (Wildman–Crippen LogP) is 3.23. The van der Waals surface area contributed by atoms with E-state index < -0.39 is 5.91 Å². The molecule has 1 aromatic carbocycles. The van der Waals surface area contributed by atoms with Gasteiger partial charge in [0.05, 0.1) is 11.2 Å². The number of nitrogens with one attached hydrogen (secondary N) is 1. The number of nitrogen functional groups attached to an aromatic ring is 1. The number of carbonyl (C=O) groups excluding carboxylic acids is 1. The highest BCUT2D eigenvalue weighted by Gasteiger charge is 2.22. The number of aromatic nitrogens is 3. The van der Waals surface area contributed by atoms with Crippen LogP contribution in [0, 0.1) is 0 Å². The Bertz CT molecular complexity index is 1030. The third kappa shape index (κ3) is 4.39. The molecule has 3 aromatic rings. The Kier molecular flexibility index (Phi) is 5.87. The number of halogens is 1. The summed E-state index contributed by atoms with van der Waals surface area (Å²) in [5.74, 6) is 0.888. The van der Waals surface area contributed by atoms with E-state index in [2.05, 4.69) is 27.3 Å². The van der Waals surface area contributed by atoms with Crippen molar-refractivity contribution in [1.82, 2.24) is 19.7 Å². The molecule has 3 N–H and O–H groups in total. The summed E-state index contributed by atoms with van der Waals surface area (Å²) < 4.78 is 7.78. The molecular weight excluding hydrogens is 404 g/mol. The Hall–Kier alpha value is -3.10. The second kappa shape index (κ2) is 8.73. The summed E-state index contributed by atoms with van der Waals surface area (Å²) in [6.45, 7) is 2.00. The van der Waals surface area contributed by atoms with Gasteiger partial charge in [-0.25, -0.2) is 9.67 Å². The minimum absolute atomic E-state index is 0.137. The van der Waals surface area contributed by atoms with Crippen molar-refractivity contribution in [2.24, 2.45) is 0 Å². The lowest BCUT2D eigenvalue weighted by atomic mass is 10.1. The summed E-state index contributed by atoms with van der Waals surface area (Å²) in [4.78, 5) is 19.0. The van der Waals surface area contributed by atoms with Crippen molar-refractivity contribution in [3.63, 3.8) is 0 Å². The van der Waals surface area contributed by atoms with Crippen molar-refractivity contribution in [3.8, 4) is 11.4 Å². The number of para-hydroxylation sites is 2. The van der Waals surface area contributed by atoms with Crippen LogP contribution < -0.4 is 15.8 Å². The van der Waals surface area contributed by atoms with Gasteiger partial charge in [-0.15, -0.1) is 0 Å². The van der Waals surface area contributed by atoms with Gasteiger partial charge in [-0.1, -0.05) is 23.7 Å². The highest BCUT2D eigenvalue weighted by molar-refractivity contribution is 6.30. The van der Waals surface area contributed by atoms with Crippen LogP contribution in [0.5, 0.6) is 5.75 Å². The number of amides is 1. The molecular formula is C21H23ClN6O2. The lowest BCUT2D eigenvalue weighted by molar-refractivity contribution is 0.102. The Balaban J connectivity index is 1.55. The summed E-state index contributed by atoms with van der Waals surface area (Å²) in [6.07, 6.45) is 4.95. The number of nitrogens with two attached hydrogens (primary N) is 1. The number of piperidine rings is 1. The third-order valence-corrected chi connectivity index (χ3v) is 5.30. The van der Waals surface area contributed by atoms with Gasteiger partial charge in [0, 0.05) is 19.3 Å². The first-order valence-corrected chi connectivity index (χ1v) is 10.1. The fraction of sp³-hybridized carbons (Fsp3) is 0.286. The van der Waals surface area contributed by atoms with Gasteiger partial charge in [-0.05, 0) is 44.2 Å². The number of ether oxygens (including phenoxy) is 1. The maximum atomic E-state index is 12.6.